The van der Waals surface area contributed by atoms with Crippen molar-refractivity contribution in [1.29, 1.82) is 0 Å². The van der Waals surface area contributed by atoms with E-state index in [0.717, 1.165) is 5.56 Å². The molecule has 0 radical (unpaired) electrons. The summed E-state index contributed by atoms with van der Waals surface area (Å²) < 4.78 is 0. The highest BCUT2D eigenvalue weighted by Crippen LogP contribution is 2.25. The summed E-state index contributed by atoms with van der Waals surface area (Å²) in [6, 6.07) is 13.2. The Morgan fingerprint density at radius 1 is 1.06 bits per heavy atom. The first-order valence-corrected chi connectivity index (χ1v) is 6.71. The standard InChI is InChI=1S/C18H20/c1-4-6-14(3)16-10-11-17-12-15(7-5-2)8-9-18(17)13-16/h8-14H,4,6H2,1-3H3. The minimum atomic E-state index is 0.648. The van der Waals surface area contributed by atoms with Gasteiger partial charge in [-0.2, -0.15) is 0 Å². The summed E-state index contributed by atoms with van der Waals surface area (Å²) in [5.41, 5.74) is 2.54. The van der Waals surface area contributed by atoms with Crippen LogP contribution < -0.4 is 0 Å². The normalized spacial score (nSPS) is 11.9. The minimum Gasteiger partial charge on any atom is -0.101 e. The summed E-state index contributed by atoms with van der Waals surface area (Å²) in [6.45, 7) is 6.43. The van der Waals surface area contributed by atoms with Gasteiger partial charge in [0.15, 0.2) is 0 Å². The average Bonchev–Trinajstić information content (AvgIpc) is 2.39. The molecule has 2 aromatic carbocycles. The fourth-order valence-electron chi connectivity index (χ4n) is 2.39. The second kappa shape index (κ2) is 5.74. The molecule has 18 heavy (non-hydrogen) atoms. The van der Waals surface area contributed by atoms with Crippen molar-refractivity contribution < 1.29 is 0 Å². The lowest BCUT2D eigenvalue weighted by Gasteiger charge is -2.11. The van der Waals surface area contributed by atoms with Crippen molar-refractivity contribution in [1.82, 2.24) is 0 Å². The minimum absolute atomic E-state index is 0.648. The van der Waals surface area contributed by atoms with Crippen LogP contribution in [0.2, 0.25) is 0 Å². The smallest absolute Gasteiger partial charge is 0.0251 e. The molecule has 0 heteroatoms. The maximum absolute atomic E-state index is 3.11. The van der Waals surface area contributed by atoms with Crippen LogP contribution in [0.1, 0.15) is 50.7 Å². The van der Waals surface area contributed by atoms with Gasteiger partial charge in [-0.25, -0.2) is 0 Å². The summed E-state index contributed by atoms with van der Waals surface area (Å²) in [6.07, 6.45) is 2.50. The van der Waals surface area contributed by atoms with Gasteiger partial charge in [-0.3, -0.25) is 0 Å². The Kier molecular flexibility index (Phi) is 4.05. The predicted molar refractivity (Wildman–Crippen MR) is 79.8 cm³/mol. The molecule has 0 saturated heterocycles. The Morgan fingerprint density at radius 3 is 2.50 bits per heavy atom. The van der Waals surface area contributed by atoms with E-state index in [9.17, 15) is 0 Å². The molecule has 0 nitrogen and oxygen atoms in total. The van der Waals surface area contributed by atoms with Crippen LogP contribution >= 0.6 is 0 Å². The zero-order chi connectivity index (χ0) is 13.0. The van der Waals surface area contributed by atoms with E-state index in [0.29, 0.717) is 5.92 Å². The highest BCUT2D eigenvalue weighted by Gasteiger charge is 2.05. The summed E-state index contributed by atoms with van der Waals surface area (Å²) in [5, 5.41) is 2.60. The second-order valence-corrected chi connectivity index (χ2v) is 4.89. The number of rotatable bonds is 3. The summed E-state index contributed by atoms with van der Waals surface area (Å²) in [4.78, 5) is 0. The molecule has 0 aliphatic rings. The van der Waals surface area contributed by atoms with Gasteiger partial charge < -0.3 is 0 Å². The maximum Gasteiger partial charge on any atom is 0.0251 e. The van der Waals surface area contributed by atoms with E-state index in [2.05, 4.69) is 62.1 Å². The number of fused-ring (bicyclic) bond motifs is 1. The van der Waals surface area contributed by atoms with Crippen molar-refractivity contribution in [3.63, 3.8) is 0 Å². The van der Waals surface area contributed by atoms with Gasteiger partial charge in [0.25, 0.3) is 0 Å². The molecule has 1 atom stereocenters. The number of hydrogen-bond donors (Lipinski definition) is 0. The number of hydrogen-bond acceptors (Lipinski definition) is 0. The van der Waals surface area contributed by atoms with Crippen LogP contribution in [-0.2, 0) is 0 Å². The zero-order valence-electron chi connectivity index (χ0n) is 11.5. The lowest BCUT2D eigenvalue weighted by Crippen LogP contribution is -1.92. The molecule has 0 saturated carbocycles. The van der Waals surface area contributed by atoms with Crippen molar-refractivity contribution >= 4 is 10.8 Å². The van der Waals surface area contributed by atoms with Crippen LogP contribution in [0.4, 0.5) is 0 Å². The highest BCUT2D eigenvalue weighted by molar-refractivity contribution is 5.84. The maximum atomic E-state index is 3.11. The van der Waals surface area contributed by atoms with E-state index < -0.39 is 0 Å². The summed E-state index contributed by atoms with van der Waals surface area (Å²) in [5.74, 6) is 6.70. The van der Waals surface area contributed by atoms with Gasteiger partial charge in [0.1, 0.15) is 0 Å². The fourth-order valence-corrected chi connectivity index (χ4v) is 2.39. The van der Waals surface area contributed by atoms with E-state index in [1.54, 1.807) is 0 Å². The van der Waals surface area contributed by atoms with Crippen LogP contribution in [-0.4, -0.2) is 0 Å². The Balaban J connectivity index is 2.40. The van der Waals surface area contributed by atoms with E-state index in [-0.39, 0.29) is 0 Å². The Hall–Kier alpha value is -1.74. The van der Waals surface area contributed by atoms with Gasteiger partial charge in [-0.15, -0.1) is 5.92 Å². The third-order valence-electron chi connectivity index (χ3n) is 3.42. The first-order chi connectivity index (χ1) is 8.74. The molecule has 2 rings (SSSR count). The Morgan fingerprint density at radius 2 is 1.78 bits per heavy atom. The number of benzene rings is 2. The third-order valence-corrected chi connectivity index (χ3v) is 3.42. The van der Waals surface area contributed by atoms with Crippen LogP contribution in [0.15, 0.2) is 36.4 Å². The van der Waals surface area contributed by atoms with Crippen LogP contribution in [0.5, 0.6) is 0 Å². The van der Waals surface area contributed by atoms with Crippen molar-refractivity contribution in [2.45, 2.75) is 39.5 Å². The molecule has 0 aliphatic heterocycles. The molecule has 0 amide bonds. The van der Waals surface area contributed by atoms with Crippen molar-refractivity contribution in [2.75, 3.05) is 0 Å². The van der Waals surface area contributed by atoms with Gasteiger partial charge in [0.2, 0.25) is 0 Å². The van der Waals surface area contributed by atoms with E-state index >= 15 is 0 Å². The SMILES string of the molecule is CC#Cc1ccc2cc(C(C)CCC)ccc2c1. The molecule has 0 bridgehead atoms. The van der Waals surface area contributed by atoms with Gasteiger partial charge in [-0.1, -0.05) is 50.5 Å². The Bertz CT molecular complexity index is 596. The van der Waals surface area contributed by atoms with Crippen molar-refractivity contribution in [3.05, 3.63) is 47.5 Å². The van der Waals surface area contributed by atoms with E-state index in [1.807, 2.05) is 6.92 Å². The monoisotopic (exact) mass is 236 g/mol. The molecular formula is C18H20. The molecule has 0 N–H and O–H groups in total. The molecule has 1 unspecified atom stereocenters. The van der Waals surface area contributed by atoms with Crippen molar-refractivity contribution in [2.24, 2.45) is 0 Å². The Labute approximate surface area is 110 Å². The summed E-state index contributed by atoms with van der Waals surface area (Å²) in [7, 11) is 0. The quantitative estimate of drug-likeness (QED) is 0.649. The lowest BCUT2D eigenvalue weighted by molar-refractivity contribution is 0.665. The van der Waals surface area contributed by atoms with E-state index in [4.69, 9.17) is 0 Å². The predicted octanol–water partition coefficient (Wildman–Crippen LogP) is 5.11. The van der Waals surface area contributed by atoms with Crippen LogP contribution in [0, 0.1) is 11.8 Å². The van der Waals surface area contributed by atoms with Gasteiger partial charge in [0, 0.05) is 5.56 Å². The second-order valence-electron chi connectivity index (χ2n) is 4.89. The zero-order valence-corrected chi connectivity index (χ0v) is 11.5. The summed E-state index contributed by atoms with van der Waals surface area (Å²) >= 11 is 0. The molecule has 2 aromatic rings. The molecule has 0 fully saturated rings. The van der Waals surface area contributed by atoms with Gasteiger partial charge in [0.05, 0.1) is 0 Å². The molecule has 92 valence electrons. The third kappa shape index (κ3) is 2.74. The molecule has 0 aliphatic carbocycles. The van der Waals surface area contributed by atoms with Gasteiger partial charge in [-0.05, 0) is 47.7 Å². The largest absolute Gasteiger partial charge is 0.101 e. The van der Waals surface area contributed by atoms with Crippen molar-refractivity contribution in [3.8, 4) is 11.8 Å². The van der Waals surface area contributed by atoms with Crippen LogP contribution in [0.3, 0.4) is 0 Å². The first kappa shape index (κ1) is 12.7. The molecule has 0 heterocycles. The van der Waals surface area contributed by atoms with Crippen LogP contribution in [0.25, 0.3) is 10.8 Å². The molecule has 0 spiro atoms. The van der Waals surface area contributed by atoms with Gasteiger partial charge >= 0.3 is 0 Å². The highest BCUT2D eigenvalue weighted by atomic mass is 14.1. The lowest BCUT2D eigenvalue weighted by atomic mass is 9.94. The molecule has 0 aromatic heterocycles. The fraction of sp³-hybridized carbons (Fsp3) is 0.333. The topological polar surface area (TPSA) is 0 Å². The average molecular weight is 236 g/mol. The molecular weight excluding hydrogens is 216 g/mol. The van der Waals surface area contributed by atoms with E-state index in [1.165, 1.54) is 29.2 Å². The first-order valence-electron chi connectivity index (χ1n) is 6.71.